The number of amides is 1. The first-order valence-corrected chi connectivity index (χ1v) is 7.11. The average Bonchev–Trinajstić information content (AvgIpc) is 2.88. The molecule has 1 unspecified atom stereocenters. The van der Waals surface area contributed by atoms with E-state index in [-0.39, 0.29) is 11.4 Å². The number of carbonyl (C=O) groups excluding carboxylic acids is 1. The molecule has 1 aliphatic rings. The standard InChI is InChI=1S/C15H23N3O/c1-3-6-15(7-4-8-18-15)14(19)17-11-13-10-16-9-5-12(13)2/h5,9-10,18H,3-4,6-8,11H2,1-2H3,(H,17,19). The summed E-state index contributed by atoms with van der Waals surface area (Å²) in [6, 6.07) is 1.97. The Morgan fingerprint density at radius 3 is 3.05 bits per heavy atom. The summed E-state index contributed by atoms with van der Waals surface area (Å²) in [5.41, 5.74) is 1.91. The maximum absolute atomic E-state index is 12.4. The van der Waals surface area contributed by atoms with Crippen molar-refractivity contribution < 1.29 is 4.79 Å². The van der Waals surface area contributed by atoms with Crippen LogP contribution in [0.5, 0.6) is 0 Å². The average molecular weight is 261 g/mol. The normalized spacial score (nSPS) is 22.4. The molecule has 1 aliphatic heterocycles. The number of aromatic nitrogens is 1. The van der Waals surface area contributed by atoms with Crippen LogP contribution in [-0.4, -0.2) is 23.0 Å². The van der Waals surface area contributed by atoms with E-state index >= 15 is 0 Å². The van der Waals surface area contributed by atoms with Crippen molar-refractivity contribution in [1.29, 1.82) is 0 Å². The van der Waals surface area contributed by atoms with Crippen LogP contribution >= 0.6 is 0 Å². The highest BCUT2D eigenvalue weighted by Gasteiger charge is 2.39. The van der Waals surface area contributed by atoms with E-state index in [1.807, 2.05) is 19.2 Å². The molecule has 4 nitrogen and oxygen atoms in total. The van der Waals surface area contributed by atoms with Crippen LogP contribution < -0.4 is 10.6 Å². The Kier molecular flexibility index (Phi) is 4.53. The van der Waals surface area contributed by atoms with E-state index in [2.05, 4.69) is 22.5 Å². The monoisotopic (exact) mass is 261 g/mol. The topological polar surface area (TPSA) is 54.0 Å². The fraction of sp³-hybridized carbons (Fsp3) is 0.600. The van der Waals surface area contributed by atoms with Crippen LogP contribution in [0, 0.1) is 6.92 Å². The van der Waals surface area contributed by atoms with Crippen LogP contribution in [0.3, 0.4) is 0 Å². The van der Waals surface area contributed by atoms with Crippen molar-refractivity contribution in [2.75, 3.05) is 6.54 Å². The maximum Gasteiger partial charge on any atom is 0.240 e. The van der Waals surface area contributed by atoms with Gasteiger partial charge >= 0.3 is 0 Å². The van der Waals surface area contributed by atoms with Crippen molar-refractivity contribution in [3.63, 3.8) is 0 Å². The van der Waals surface area contributed by atoms with E-state index in [0.29, 0.717) is 6.54 Å². The molecule has 2 rings (SSSR count). The molecule has 4 heteroatoms. The van der Waals surface area contributed by atoms with Gasteiger partial charge in [-0.05, 0) is 49.9 Å². The molecule has 19 heavy (non-hydrogen) atoms. The third-order valence-electron chi connectivity index (χ3n) is 3.94. The van der Waals surface area contributed by atoms with E-state index in [4.69, 9.17) is 0 Å². The number of nitrogens with zero attached hydrogens (tertiary/aromatic N) is 1. The molecule has 0 bridgehead atoms. The Balaban J connectivity index is 1.98. The van der Waals surface area contributed by atoms with Crippen molar-refractivity contribution >= 4 is 5.91 Å². The van der Waals surface area contributed by atoms with Gasteiger partial charge in [0, 0.05) is 18.9 Å². The van der Waals surface area contributed by atoms with Crippen LogP contribution in [-0.2, 0) is 11.3 Å². The zero-order chi connectivity index (χ0) is 13.7. The fourth-order valence-electron chi connectivity index (χ4n) is 2.78. The molecule has 0 radical (unpaired) electrons. The molecule has 0 aromatic carbocycles. The summed E-state index contributed by atoms with van der Waals surface area (Å²) in [6.07, 6.45) is 7.55. The summed E-state index contributed by atoms with van der Waals surface area (Å²) in [4.78, 5) is 16.6. The summed E-state index contributed by atoms with van der Waals surface area (Å²) in [5.74, 6) is 0.134. The van der Waals surface area contributed by atoms with Gasteiger partial charge in [-0.25, -0.2) is 0 Å². The Hall–Kier alpha value is -1.42. The molecule has 104 valence electrons. The first-order chi connectivity index (χ1) is 9.18. The van der Waals surface area contributed by atoms with Gasteiger partial charge in [0.2, 0.25) is 5.91 Å². The molecule has 0 aliphatic carbocycles. The molecule has 0 saturated carbocycles. The summed E-state index contributed by atoms with van der Waals surface area (Å²) >= 11 is 0. The van der Waals surface area contributed by atoms with Crippen LogP contribution in [0.15, 0.2) is 18.5 Å². The Morgan fingerprint density at radius 1 is 1.58 bits per heavy atom. The van der Waals surface area contributed by atoms with Crippen LogP contribution in [0.25, 0.3) is 0 Å². The summed E-state index contributed by atoms with van der Waals surface area (Å²) in [5, 5.41) is 6.46. The number of carbonyl (C=O) groups is 1. The highest BCUT2D eigenvalue weighted by atomic mass is 16.2. The van der Waals surface area contributed by atoms with Crippen molar-refractivity contribution in [3.8, 4) is 0 Å². The SMILES string of the molecule is CCCC1(C(=O)NCc2cnccc2C)CCCN1. The van der Waals surface area contributed by atoms with Gasteiger partial charge in [-0.15, -0.1) is 0 Å². The molecule has 1 amide bonds. The molecule has 0 spiro atoms. The van der Waals surface area contributed by atoms with Gasteiger partial charge in [0.15, 0.2) is 0 Å². The molecule has 2 N–H and O–H groups in total. The number of nitrogens with one attached hydrogen (secondary N) is 2. The Morgan fingerprint density at radius 2 is 2.42 bits per heavy atom. The Labute approximate surface area is 115 Å². The van der Waals surface area contributed by atoms with E-state index in [9.17, 15) is 4.79 Å². The lowest BCUT2D eigenvalue weighted by atomic mass is 9.91. The largest absolute Gasteiger partial charge is 0.350 e. The predicted octanol–water partition coefficient (Wildman–Crippen LogP) is 1.93. The first kappa shape index (κ1) is 14.0. The second-order valence-corrected chi connectivity index (χ2v) is 5.35. The van der Waals surface area contributed by atoms with Crippen molar-refractivity contribution in [2.24, 2.45) is 0 Å². The van der Waals surface area contributed by atoms with Crippen LogP contribution in [0.2, 0.25) is 0 Å². The smallest absolute Gasteiger partial charge is 0.240 e. The van der Waals surface area contributed by atoms with E-state index in [0.717, 1.165) is 37.8 Å². The summed E-state index contributed by atoms with van der Waals surface area (Å²) in [6.45, 7) is 5.67. The van der Waals surface area contributed by atoms with E-state index in [1.54, 1.807) is 6.20 Å². The van der Waals surface area contributed by atoms with Gasteiger partial charge < -0.3 is 10.6 Å². The number of rotatable bonds is 5. The third kappa shape index (κ3) is 3.13. The van der Waals surface area contributed by atoms with Crippen LogP contribution in [0.4, 0.5) is 0 Å². The van der Waals surface area contributed by atoms with E-state index in [1.165, 1.54) is 5.56 Å². The number of aryl methyl sites for hydroxylation is 1. The van der Waals surface area contributed by atoms with Crippen molar-refractivity contribution in [1.82, 2.24) is 15.6 Å². The number of hydrogen-bond donors (Lipinski definition) is 2. The summed E-state index contributed by atoms with van der Waals surface area (Å²) in [7, 11) is 0. The zero-order valence-electron chi connectivity index (χ0n) is 11.8. The van der Waals surface area contributed by atoms with Gasteiger partial charge in [0.1, 0.15) is 0 Å². The first-order valence-electron chi connectivity index (χ1n) is 7.11. The highest BCUT2D eigenvalue weighted by Crippen LogP contribution is 2.25. The molecule has 1 saturated heterocycles. The molecular weight excluding hydrogens is 238 g/mol. The molecule has 1 atom stereocenters. The molecule has 1 aromatic heterocycles. The number of pyridine rings is 1. The maximum atomic E-state index is 12.4. The minimum Gasteiger partial charge on any atom is -0.350 e. The second kappa shape index (κ2) is 6.15. The van der Waals surface area contributed by atoms with Crippen LogP contribution in [0.1, 0.15) is 43.7 Å². The quantitative estimate of drug-likeness (QED) is 0.851. The van der Waals surface area contributed by atoms with Gasteiger partial charge in [-0.2, -0.15) is 0 Å². The second-order valence-electron chi connectivity index (χ2n) is 5.35. The van der Waals surface area contributed by atoms with Gasteiger partial charge in [-0.3, -0.25) is 9.78 Å². The molecule has 1 aromatic rings. The molecular formula is C15H23N3O. The third-order valence-corrected chi connectivity index (χ3v) is 3.94. The zero-order valence-corrected chi connectivity index (χ0v) is 11.8. The van der Waals surface area contributed by atoms with Gasteiger partial charge in [-0.1, -0.05) is 13.3 Å². The van der Waals surface area contributed by atoms with Gasteiger partial charge in [0.05, 0.1) is 5.54 Å². The lowest BCUT2D eigenvalue weighted by Crippen LogP contribution is -2.53. The minimum absolute atomic E-state index is 0.134. The minimum atomic E-state index is -0.342. The molecule has 2 heterocycles. The fourth-order valence-corrected chi connectivity index (χ4v) is 2.78. The highest BCUT2D eigenvalue weighted by molar-refractivity contribution is 5.86. The van der Waals surface area contributed by atoms with E-state index < -0.39 is 0 Å². The lowest BCUT2D eigenvalue weighted by molar-refractivity contribution is -0.127. The van der Waals surface area contributed by atoms with Crippen molar-refractivity contribution in [3.05, 3.63) is 29.6 Å². The predicted molar refractivity (Wildman–Crippen MR) is 75.7 cm³/mol. The number of hydrogen-bond acceptors (Lipinski definition) is 3. The molecule has 1 fully saturated rings. The Bertz CT molecular complexity index is 439. The summed E-state index contributed by atoms with van der Waals surface area (Å²) < 4.78 is 0. The van der Waals surface area contributed by atoms with Crippen molar-refractivity contribution in [2.45, 2.75) is 51.6 Å². The van der Waals surface area contributed by atoms with Gasteiger partial charge in [0.25, 0.3) is 0 Å². The lowest BCUT2D eigenvalue weighted by Gasteiger charge is -2.28.